The van der Waals surface area contributed by atoms with E-state index in [0.29, 0.717) is 20.8 Å². The molecule has 0 bridgehead atoms. The van der Waals surface area contributed by atoms with E-state index in [2.05, 4.69) is 15.5 Å². The molecule has 0 saturated carbocycles. The number of nitrogens with two attached hydrogens (primary N) is 1. The number of halogens is 1. The topological polar surface area (TPSA) is 80.9 Å². The summed E-state index contributed by atoms with van der Waals surface area (Å²) >= 11 is 1.13. The van der Waals surface area contributed by atoms with E-state index in [9.17, 15) is 9.18 Å². The first-order valence-corrected chi connectivity index (χ1v) is 6.95. The third kappa shape index (κ3) is 2.43. The Morgan fingerprint density at radius 1 is 1.38 bits per heavy atom. The van der Waals surface area contributed by atoms with E-state index in [1.54, 1.807) is 18.2 Å². The Balaban J connectivity index is 1.97. The number of carbonyl (C=O) groups excluding carboxylic acids is 1. The Morgan fingerprint density at radius 2 is 2.19 bits per heavy atom. The monoisotopic (exact) mass is 302 g/mol. The van der Waals surface area contributed by atoms with Crippen molar-refractivity contribution in [3.05, 3.63) is 46.7 Å². The van der Waals surface area contributed by atoms with Gasteiger partial charge in [-0.1, -0.05) is 6.07 Å². The summed E-state index contributed by atoms with van der Waals surface area (Å²) in [5.41, 5.74) is 7.26. The molecule has 2 aromatic heterocycles. The Hall–Kier alpha value is -2.54. The average molecular weight is 302 g/mol. The summed E-state index contributed by atoms with van der Waals surface area (Å²) in [6, 6.07) is 6.20. The van der Waals surface area contributed by atoms with E-state index in [4.69, 9.17) is 5.73 Å². The SMILES string of the molecule is Cc1ccc(F)c(NC(=O)c2sc3nnccc3c2N)c1. The van der Waals surface area contributed by atoms with Crippen LogP contribution in [0.5, 0.6) is 0 Å². The van der Waals surface area contributed by atoms with Gasteiger partial charge in [0.2, 0.25) is 0 Å². The number of benzene rings is 1. The normalized spacial score (nSPS) is 10.8. The zero-order valence-electron chi connectivity index (χ0n) is 11.1. The first kappa shape index (κ1) is 13.4. The maximum atomic E-state index is 13.7. The van der Waals surface area contributed by atoms with Gasteiger partial charge in [-0.25, -0.2) is 4.39 Å². The van der Waals surface area contributed by atoms with Gasteiger partial charge in [0, 0.05) is 5.39 Å². The summed E-state index contributed by atoms with van der Waals surface area (Å²) in [5.74, 6) is -0.951. The highest BCUT2D eigenvalue weighted by atomic mass is 32.1. The van der Waals surface area contributed by atoms with E-state index in [0.717, 1.165) is 16.9 Å². The first-order chi connectivity index (χ1) is 10.1. The van der Waals surface area contributed by atoms with Crippen LogP contribution in [-0.4, -0.2) is 16.1 Å². The molecule has 0 aliphatic rings. The Morgan fingerprint density at radius 3 is 2.95 bits per heavy atom. The number of rotatable bonds is 2. The molecule has 0 fully saturated rings. The molecule has 0 radical (unpaired) electrons. The van der Waals surface area contributed by atoms with Gasteiger partial charge in [0.05, 0.1) is 17.6 Å². The minimum Gasteiger partial charge on any atom is -0.397 e. The van der Waals surface area contributed by atoms with E-state index in [-0.39, 0.29) is 5.69 Å². The number of hydrogen-bond donors (Lipinski definition) is 2. The molecule has 0 unspecified atom stereocenters. The van der Waals surface area contributed by atoms with Crippen LogP contribution >= 0.6 is 11.3 Å². The number of nitrogen functional groups attached to an aromatic ring is 1. The fourth-order valence-electron chi connectivity index (χ4n) is 1.96. The van der Waals surface area contributed by atoms with E-state index in [1.807, 2.05) is 6.92 Å². The predicted molar refractivity (Wildman–Crippen MR) is 80.9 cm³/mol. The van der Waals surface area contributed by atoms with E-state index >= 15 is 0 Å². The number of thiophene rings is 1. The average Bonchev–Trinajstić information content (AvgIpc) is 2.81. The molecule has 0 aliphatic carbocycles. The van der Waals surface area contributed by atoms with Crippen molar-refractivity contribution in [2.45, 2.75) is 6.92 Å². The maximum absolute atomic E-state index is 13.7. The van der Waals surface area contributed by atoms with Crippen LogP contribution < -0.4 is 11.1 Å². The molecule has 0 aliphatic heterocycles. The highest BCUT2D eigenvalue weighted by molar-refractivity contribution is 7.21. The van der Waals surface area contributed by atoms with Crippen molar-refractivity contribution in [3.63, 3.8) is 0 Å². The fourth-order valence-corrected chi connectivity index (χ4v) is 2.89. The largest absolute Gasteiger partial charge is 0.397 e. The van der Waals surface area contributed by atoms with Gasteiger partial charge in [0.1, 0.15) is 15.5 Å². The van der Waals surface area contributed by atoms with Gasteiger partial charge in [0.15, 0.2) is 0 Å². The number of amides is 1. The third-order valence-corrected chi connectivity index (χ3v) is 4.10. The number of anilines is 2. The summed E-state index contributed by atoms with van der Waals surface area (Å²) in [7, 11) is 0. The van der Waals surface area contributed by atoms with Gasteiger partial charge in [-0.05, 0) is 30.7 Å². The minimum atomic E-state index is -0.492. The van der Waals surface area contributed by atoms with Crippen LogP contribution in [0.3, 0.4) is 0 Å². The lowest BCUT2D eigenvalue weighted by atomic mass is 10.2. The van der Waals surface area contributed by atoms with Gasteiger partial charge < -0.3 is 11.1 Å². The van der Waals surface area contributed by atoms with E-state index < -0.39 is 11.7 Å². The third-order valence-electron chi connectivity index (χ3n) is 3.00. The first-order valence-electron chi connectivity index (χ1n) is 6.13. The van der Waals surface area contributed by atoms with Crippen LogP contribution in [0.2, 0.25) is 0 Å². The molecule has 2 heterocycles. The van der Waals surface area contributed by atoms with Crippen molar-refractivity contribution in [2.75, 3.05) is 11.1 Å². The molecule has 3 rings (SSSR count). The van der Waals surface area contributed by atoms with Crippen molar-refractivity contribution in [3.8, 4) is 0 Å². The molecule has 1 amide bonds. The number of nitrogens with one attached hydrogen (secondary N) is 1. The minimum absolute atomic E-state index is 0.128. The zero-order valence-corrected chi connectivity index (χ0v) is 11.9. The molecule has 1 aromatic carbocycles. The van der Waals surface area contributed by atoms with Gasteiger partial charge in [0.25, 0.3) is 5.91 Å². The van der Waals surface area contributed by atoms with Gasteiger partial charge in [-0.2, -0.15) is 5.10 Å². The lowest BCUT2D eigenvalue weighted by molar-refractivity contribution is 0.103. The van der Waals surface area contributed by atoms with Gasteiger partial charge in [-0.15, -0.1) is 16.4 Å². The predicted octanol–water partition coefficient (Wildman–Crippen LogP) is 2.97. The molecule has 0 spiro atoms. The molecule has 3 aromatic rings. The summed E-state index contributed by atoms with van der Waals surface area (Å²) in [4.78, 5) is 13.1. The number of fused-ring (bicyclic) bond motifs is 1. The van der Waals surface area contributed by atoms with Crippen LogP contribution in [0.1, 0.15) is 15.2 Å². The molecule has 5 nitrogen and oxygen atoms in total. The quantitative estimate of drug-likeness (QED) is 0.762. The van der Waals surface area contributed by atoms with Crippen LogP contribution in [0, 0.1) is 12.7 Å². The summed E-state index contributed by atoms with van der Waals surface area (Å²) < 4.78 is 13.7. The molecule has 0 saturated heterocycles. The van der Waals surface area contributed by atoms with Crippen molar-refractivity contribution >= 4 is 38.8 Å². The fraction of sp³-hybridized carbons (Fsp3) is 0.0714. The number of nitrogens with zero attached hydrogens (tertiary/aromatic N) is 2. The maximum Gasteiger partial charge on any atom is 0.268 e. The summed E-state index contributed by atoms with van der Waals surface area (Å²) in [6.07, 6.45) is 1.51. The highest BCUT2D eigenvalue weighted by Gasteiger charge is 2.18. The Bertz CT molecular complexity index is 846. The smallest absolute Gasteiger partial charge is 0.268 e. The standard InChI is InChI=1S/C14H11FN4OS/c1-7-2-3-9(15)10(6-7)18-13(20)12-11(16)8-4-5-17-19-14(8)21-12/h2-6H,16H2,1H3,(H,18,20). The second-order valence-electron chi connectivity index (χ2n) is 4.53. The highest BCUT2D eigenvalue weighted by Crippen LogP contribution is 2.32. The lowest BCUT2D eigenvalue weighted by Crippen LogP contribution is -2.13. The number of aryl methyl sites for hydroxylation is 1. The molecule has 21 heavy (non-hydrogen) atoms. The number of hydrogen-bond acceptors (Lipinski definition) is 5. The molecular weight excluding hydrogens is 291 g/mol. The Kier molecular flexibility index (Phi) is 3.26. The zero-order chi connectivity index (χ0) is 15.0. The van der Waals surface area contributed by atoms with Crippen LogP contribution in [0.4, 0.5) is 15.8 Å². The molecule has 3 N–H and O–H groups in total. The summed E-state index contributed by atoms with van der Waals surface area (Å²) in [5, 5.41) is 10.9. The van der Waals surface area contributed by atoms with Crippen LogP contribution in [-0.2, 0) is 0 Å². The summed E-state index contributed by atoms with van der Waals surface area (Å²) in [6.45, 7) is 1.82. The van der Waals surface area contributed by atoms with Gasteiger partial charge >= 0.3 is 0 Å². The van der Waals surface area contributed by atoms with Crippen molar-refractivity contribution in [1.82, 2.24) is 10.2 Å². The number of carbonyl (C=O) groups is 1. The molecular formula is C14H11FN4OS. The molecule has 0 atom stereocenters. The van der Waals surface area contributed by atoms with Gasteiger partial charge in [-0.3, -0.25) is 4.79 Å². The second-order valence-corrected chi connectivity index (χ2v) is 5.53. The molecule has 7 heteroatoms. The molecule has 106 valence electrons. The Labute approximate surface area is 123 Å². The number of aromatic nitrogens is 2. The van der Waals surface area contributed by atoms with Crippen molar-refractivity contribution in [1.29, 1.82) is 0 Å². The lowest BCUT2D eigenvalue weighted by Gasteiger charge is -2.06. The second kappa shape index (κ2) is 5.10. The van der Waals surface area contributed by atoms with Crippen LogP contribution in [0.15, 0.2) is 30.5 Å². The van der Waals surface area contributed by atoms with E-state index in [1.165, 1.54) is 12.3 Å². The van der Waals surface area contributed by atoms with Crippen molar-refractivity contribution in [2.24, 2.45) is 0 Å². The van der Waals surface area contributed by atoms with Crippen LogP contribution in [0.25, 0.3) is 10.2 Å². The van der Waals surface area contributed by atoms with Crippen molar-refractivity contribution < 1.29 is 9.18 Å².